The van der Waals surface area contributed by atoms with E-state index in [1.807, 2.05) is 0 Å². The van der Waals surface area contributed by atoms with E-state index in [2.05, 4.69) is 4.98 Å². The molecule has 0 bridgehead atoms. The number of aromatic amines is 1. The molecule has 1 amide bonds. The van der Waals surface area contributed by atoms with E-state index in [0.29, 0.717) is 22.4 Å². The molecular formula is C25H24ClFN2O4. The number of ketones is 1. The number of H-pyrrole nitrogens is 1. The zero-order valence-electron chi connectivity index (χ0n) is 18.7. The highest BCUT2D eigenvalue weighted by Gasteiger charge is 2.32. The number of carbonyl (C=O) groups excluding carboxylic acids is 3. The molecule has 1 heterocycles. The second-order valence-corrected chi connectivity index (χ2v) is 8.10. The fraction of sp³-hybridized carbons (Fsp3) is 0.240. The smallest absolute Gasteiger partial charge is 0.354 e. The summed E-state index contributed by atoms with van der Waals surface area (Å²) in [7, 11) is 1.26. The summed E-state index contributed by atoms with van der Waals surface area (Å²) in [6.07, 6.45) is 0. The number of halogens is 2. The molecule has 8 heteroatoms. The third kappa shape index (κ3) is 4.98. The fourth-order valence-corrected chi connectivity index (χ4v) is 3.95. The van der Waals surface area contributed by atoms with E-state index in [1.54, 1.807) is 57.2 Å². The van der Waals surface area contributed by atoms with Gasteiger partial charge in [0.05, 0.1) is 23.7 Å². The van der Waals surface area contributed by atoms with Gasteiger partial charge in [0, 0.05) is 17.8 Å². The molecule has 0 saturated heterocycles. The second-order valence-electron chi connectivity index (χ2n) is 7.70. The molecule has 0 saturated carbocycles. The summed E-state index contributed by atoms with van der Waals surface area (Å²) in [6, 6.07) is 11.4. The number of Topliss-reactive ketones (excluding diaryl/α,β-unsaturated/α-hetero) is 1. The van der Waals surface area contributed by atoms with Crippen molar-refractivity contribution in [3.8, 4) is 0 Å². The lowest BCUT2D eigenvalue weighted by atomic mass is 9.98. The van der Waals surface area contributed by atoms with Gasteiger partial charge >= 0.3 is 5.97 Å². The van der Waals surface area contributed by atoms with Crippen molar-refractivity contribution in [1.29, 1.82) is 0 Å². The standard InChI is InChI=1S/C25H24ClFN2O4/c1-14-21(15(2)28-22(14)25(32)33-4)23(30)16(3)29(13-17-9-11-18(27)12-10-17)24(31)19-7-5-6-8-20(19)26/h5-12,16,28H,13H2,1-4H3. The van der Waals surface area contributed by atoms with Gasteiger partial charge in [0.15, 0.2) is 5.78 Å². The highest BCUT2D eigenvalue weighted by molar-refractivity contribution is 6.33. The summed E-state index contributed by atoms with van der Waals surface area (Å²) in [5.41, 5.74) is 2.35. The first-order valence-corrected chi connectivity index (χ1v) is 10.6. The van der Waals surface area contributed by atoms with E-state index in [-0.39, 0.29) is 28.6 Å². The molecule has 0 fully saturated rings. The van der Waals surface area contributed by atoms with Gasteiger partial charge in [0.25, 0.3) is 5.91 Å². The van der Waals surface area contributed by atoms with E-state index in [9.17, 15) is 18.8 Å². The molecule has 0 aliphatic carbocycles. The molecule has 172 valence electrons. The van der Waals surface area contributed by atoms with Crippen LogP contribution in [0.4, 0.5) is 4.39 Å². The van der Waals surface area contributed by atoms with Crippen LogP contribution in [-0.2, 0) is 11.3 Å². The van der Waals surface area contributed by atoms with Crippen molar-refractivity contribution in [2.45, 2.75) is 33.4 Å². The second kappa shape index (κ2) is 10.0. The minimum Gasteiger partial charge on any atom is -0.464 e. The lowest BCUT2D eigenvalue weighted by Gasteiger charge is -2.29. The lowest BCUT2D eigenvalue weighted by Crippen LogP contribution is -2.43. The van der Waals surface area contributed by atoms with Gasteiger partial charge in [-0.25, -0.2) is 9.18 Å². The van der Waals surface area contributed by atoms with E-state index >= 15 is 0 Å². The maximum atomic E-state index is 13.6. The van der Waals surface area contributed by atoms with Crippen molar-refractivity contribution in [3.05, 3.63) is 93.0 Å². The van der Waals surface area contributed by atoms with Gasteiger partial charge in [0.2, 0.25) is 0 Å². The number of rotatable bonds is 7. The first-order chi connectivity index (χ1) is 15.6. The summed E-state index contributed by atoms with van der Waals surface area (Å²) in [6.45, 7) is 5.00. The predicted octanol–water partition coefficient (Wildman–Crippen LogP) is 5.12. The number of aromatic nitrogens is 1. The average molecular weight is 471 g/mol. The predicted molar refractivity (Wildman–Crippen MR) is 123 cm³/mol. The van der Waals surface area contributed by atoms with E-state index in [4.69, 9.17) is 16.3 Å². The number of ether oxygens (including phenoxy) is 1. The van der Waals surface area contributed by atoms with Crippen LogP contribution in [0.25, 0.3) is 0 Å². The Morgan fingerprint density at radius 2 is 1.73 bits per heavy atom. The van der Waals surface area contributed by atoms with Crippen molar-refractivity contribution < 1.29 is 23.5 Å². The molecular weight excluding hydrogens is 447 g/mol. The van der Waals surface area contributed by atoms with Crippen LogP contribution in [0.1, 0.15) is 54.9 Å². The van der Waals surface area contributed by atoms with Gasteiger partial charge in [-0.15, -0.1) is 0 Å². The number of amides is 1. The number of carbonyl (C=O) groups is 3. The Bertz CT molecular complexity index is 1200. The molecule has 0 radical (unpaired) electrons. The number of aryl methyl sites for hydroxylation is 1. The summed E-state index contributed by atoms with van der Waals surface area (Å²) in [5.74, 6) is -1.78. The van der Waals surface area contributed by atoms with Crippen molar-refractivity contribution in [1.82, 2.24) is 9.88 Å². The molecule has 6 nitrogen and oxygen atoms in total. The third-order valence-electron chi connectivity index (χ3n) is 5.55. The van der Waals surface area contributed by atoms with Crippen LogP contribution < -0.4 is 0 Å². The van der Waals surface area contributed by atoms with Crippen molar-refractivity contribution >= 4 is 29.3 Å². The largest absolute Gasteiger partial charge is 0.464 e. The monoisotopic (exact) mass is 470 g/mol. The first-order valence-electron chi connectivity index (χ1n) is 10.3. The number of nitrogens with one attached hydrogen (secondary N) is 1. The lowest BCUT2D eigenvalue weighted by molar-refractivity contribution is 0.0592. The maximum absolute atomic E-state index is 13.6. The Hall–Kier alpha value is -3.45. The maximum Gasteiger partial charge on any atom is 0.354 e. The topological polar surface area (TPSA) is 79.5 Å². The number of hydrogen-bond acceptors (Lipinski definition) is 4. The van der Waals surface area contributed by atoms with Gasteiger partial charge < -0.3 is 14.6 Å². The molecule has 0 aliphatic rings. The molecule has 0 spiro atoms. The molecule has 33 heavy (non-hydrogen) atoms. The fourth-order valence-electron chi connectivity index (χ4n) is 3.74. The highest BCUT2D eigenvalue weighted by Crippen LogP contribution is 2.25. The van der Waals surface area contributed by atoms with Crippen LogP contribution in [0, 0.1) is 19.7 Å². The molecule has 1 N–H and O–H groups in total. The van der Waals surface area contributed by atoms with E-state index in [1.165, 1.54) is 24.1 Å². The average Bonchev–Trinajstić information content (AvgIpc) is 3.10. The Labute approximate surface area is 196 Å². The zero-order valence-corrected chi connectivity index (χ0v) is 19.5. The number of nitrogens with zero attached hydrogens (tertiary/aromatic N) is 1. The minimum absolute atomic E-state index is 0.0591. The van der Waals surface area contributed by atoms with E-state index < -0.39 is 23.7 Å². The Morgan fingerprint density at radius 3 is 2.33 bits per heavy atom. The van der Waals surface area contributed by atoms with Gasteiger partial charge in [-0.3, -0.25) is 9.59 Å². The zero-order chi connectivity index (χ0) is 24.3. The number of hydrogen-bond donors (Lipinski definition) is 1. The van der Waals surface area contributed by atoms with Crippen LogP contribution in [0.15, 0.2) is 48.5 Å². The van der Waals surface area contributed by atoms with Gasteiger partial charge in [-0.05, 0) is 56.2 Å². The molecule has 1 atom stereocenters. The van der Waals surface area contributed by atoms with Crippen molar-refractivity contribution in [3.63, 3.8) is 0 Å². The van der Waals surface area contributed by atoms with Crippen molar-refractivity contribution in [2.24, 2.45) is 0 Å². The van der Waals surface area contributed by atoms with Gasteiger partial charge in [-0.2, -0.15) is 0 Å². The molecule has 2 aromatic carbocycles. The minimum atomic E-state index is -0.905. The van der Waals surface area contributed by atoms with Crippen LogP contribution in [0.5, 0.6) is 0 Å². The molecule has 0 aliphatic heterocycles. The summed E-state index contributed by atoms with van der Waals surface area (Å²) in [4.78, 5) is 43.4. The van der Waals surface area contributed by atoms with Crippen molar-refractivity contribution in [2.75, 3.05) is 7.11 Å². The van der Waals surface area contributed by atoms with Crippen LogP contribution in [0.2, 0.25) is 5.02 Å². The molecule has 1 aromatic heterocycles. The van der Waals surface area contributed by atoms with E-state index in [0.717, 1.165) is 0 Å². The summed E-state index contributed by atoms with van der Waals surface area (Å²) in [5, 5.41) is 0.258. The highest BCUT2D eigenvalue weighted by atomic mass is 35.5. The Kier molecular flexibility index (Phi) is 7.33. The number of methoxy groups -OCH3 is 1. The third-order valence-corrected chi connectivity index (χ3v) is 5.88. The first kappa shape index (κ1) is 24.2. The SMILES string of the molecule is COC(=O)c1[nH]c(C)c(C(=O)C(C)N(Cc2ccc(F)cc2)C(=O)c2ccccc2Cl)c1C. The van der Waals surface area contributed by atoms with Crippen LogP contribution in [0.3, 0.4) is 0 Å². The van der Waals surface area contributed by atoms with Gasteiger partial charge in [-0.1, -0.05) is 35.9 Å². The molecule has 3 rings (SSSR count). The number of esters is 1. The Balaban J connectivity index is 2.02. The van der Waals surface area contributed by atoms with Crippen LogP contribution in [-0.4, -0.2) is 40.7 Å². The normalized spacial score (nSPS) is 11.7. The molecule has 3 aromatic rings. The quantitative estimate of drug-likeness (QED) is 0.383. The number of benzene rings is 2. The summed E-state index contributed by atoms with van der Waals surface area (Å²) >= 11 is 6.25. The Morgan fingerprint density at radius 1 is 1.09 bits per heavy atom. The summed E-state index contributed by atoms with van der Waals surface area (Å²) < 4.78 is 18.2. The van der Waals surface area contributed by atoms with Gasteiger partial charge in [0.1, 0.15) is 11.5 Å². The van der Waals surface area contributed by atoms with Crippen LogP contribution >= 0.6 is 11.6 Å². The molecule has 1 unspecified atom stereocenters.